The van der Waals surface area contributed by atoms with Crippen LogP contribution in [0.3, 0.4) is 0 Å². The first-order valence-electron chi connectivity index (χ1n) is 4.62. The van der Waals surface area contributed by atoms with Gasteiger partial charge in [-0.2, -0.15) is 0 Å². The summed E-state index contributed by atoms with van der Waals surface area (Å²) >= 11 is 0. The summed E-state index contributed by atoms with van der Waals surface area (Å²) in [6.07, 6.45) is 0.751. The molecule has 0 saturated heterocycles. The quantitative estimate of drug-likeness (QED) is 0.714. The minimum absolute atomic E-state index is 0.230. The summed E-state index contributed by atoms with van der Waals surface area (Å²) in [7, 11) is 1.73. The van der Waals surface area contributed by atoms with Crippen LogP contribution in [0.25, 0.3) is 0 Å². The van der Waals surface area contributed by atoms with E-state index in [2.05, 4.69) is 0 Å². The lowest BCUT2D eigenvalue weighted by molar-refractivity contribution is 0.356. The summed E-state index contributed by atoms with van der Waals surface area (Å²) in [6, 6.07) is 1.74. The number of aryl methyl sites for hydroxylation is 1. The maximum Gasteiger partial charge on any atom is 0.261 e. The first-order chi connectivity index (χ1) is 6.91. The van der Waals surface area contributed by atoms with Crippen molar-refractivity contribution in [2.45, 2.75) is 25.2 Å². The summed E-state index contributed by atoms with van der Waals surface area (Å²) < 4.78 is 28.2. The van der Waals surface area contributed by atoms with E-state index in [1.54, 1.807) is 19.9 Å². The zero-order valence-electron chi connectivity index (χ0n) is 8.50. The Morgan fingerprint density at radius 3 is 2.67 bits per heavy atom. The number of fused-ring (bicyclic) bond motifs is 1. The summed E-state index contributed by atoms with van der Waals surface area (Å²) in [6.45, 7) is 4.11. The SMILES string of the molecule is Cc1cc2c(c(C)c1S(=O)(=O)Cl)CCO2. The molecule has 0 unspecified atom stereocenters. The molecule has 82 valence electrons. The molecule has 0 fully saturated rings. The van der Waals surface area contributed by atoms with Gasteiger partial charge in [0.1, 0.15) is 5.75 Å². The highest BCUT2D eigenvalue weighted by molar-refractivity contribution is 8.13. The average molecular weight is 247 g/mol. The number of benzene rings is 1. The molecule has 0 aromatic heterocycles. The lowest BCUT2D eigenvalue weighted by Gasteiger charge is -2.10. The number of hydrogen-bond acceptors (Lipinski definition) is 3. The van der Waals surface area contributed by atoms with Crippen molar-refractivity contribution in [3.8, 4) is 5.75 Å². The molecule has 0 saturated carbocycles. The van der Waals surface area contributed by atoms with Gasteiger partial charge in [-0.25, -0.2) is 8.42 Å². The lowest BCUT2D eigenvalue weighted by Crippen LogP contribution is -2.00. The molecular weight excluding hydrogens is 236 g/mol. The van der Waals surface area contributed by atoms with Crippen LogP contribution in [0.4, 0.5) is 0 Å². The van der Waals surface area contributed by atoms with Gasteiger partial charge in [0.25, 0.3) is 9.05 Å². The van der Waals surface area contributed by atoms with E-state index >= 15 is 0 Å². The van der Waals surface area contributed by atoms with Crippen LogP contribution in [0.5, 0.6) is 5.75 Å². The molecule has 0 radical (unpaired) electrons. The van der Waals surface area contributed by atoms with E-state index in [0.29, 0.717) is 12.2 Å². The second-order valence-electron chi connectivity index (χ2n) is 3.66. The molecule has 0 aliphatic carbocycles. The minimum atomic E-state index is -3.67. The molecule has 0 atom stereocenters. The standard InChI is InChI=1S/C10H11ClO3S/c1-6-5-9-8(3-4-14-9)7(2)10(6)15(11,12)13/h5H,3-4H2,1-2H3. The van der Waals surface area contributed by atoms with Gasteiger partial charge in [0.2, 0.25) is 0 Å². The van der Waals surface area contributed by atoms with Crippen LogP contribution < -0.4 is 4.74 Å². The Labute approximate surface area is 93.4 Å². The van der Waals surface area contributed by atoms with Gasteiger partial charge < -0.3 is 4.74 Å². The zero-order chi connectivity index (χ0) is 11.2. The van der Waals surface area contributed by atoms with Gasteiger partial charge in [-0.15, -0.1) is 0 Å². The fraction of sp³-hybridized carbons (Fsp3) is 0.400. The van der Waals surface area contributed by atoms with Crippen molar-refractivity contribution in [1.82, 2.24) is 0 Å². The highest BCUT2D eigenvalue weighted by Gasteiger charge is 2.24. The summed E-state index contributed by atoms with van der Waals surface area (Å²) in [5.74, 6) is 0.786. The van der Waals surface area contributed by atoms with Gasteiger partial charge >= 0.3 is 0 Å². The van der Waals surface area contributed by atoms with E-state index in [-0.39, 0.29) is 4.90 Å². The maximum absolute atomic E-state index is 11.4. The van der Waals surface area contributed by atoms with Crippen LogP contribution >= 0.6 is 10.7 Å². The summed E-state index contributed by atoms with van der Waals surface area (Å²) in [4.78, 5) is 0.230. The van der Waals surface area contributed by atoms with Crippen molar-refractivity contribution in [3.05, 3.63) is 22.8 Å². The third kappa shape index (κ3) is 1.72. The molecule has 1 aliphatic rings. The molecular formula is C10H11ClO3S. The van der Waals surface area contributed by atoms with Gasteiger partial charge in [-0.05, 0) is 31.0 Å². The first kappa shape index (κ1) is 10.8. The second-order valence-corrected chi connectivity index (χ2v) is 6.16. The minimum Gasteiger partial charge on any atom is -0.493 e. The van der Waals surface area contributed by atoms with E-state index in [1.807, 2.05) is 0 Å². The first-order valence-corrected chi connectivity index (χ1v) is 6.92. The highest BCUT2D eigenvalue weighted by Crippen LogP contribution is 2.35. The maximum atomic E-state index is 11.4. The molecule has 1 aromatic carbocycles. The fourth-order valence-corrected chi connectivity index (χ4v) is 3.69. The van der Waals surface area contributed by atoms with E-state index in [1.165, 1.54) is 0 Å². The Hall–Kier alpha value is -0.740. The van der Waals surface area contributed by atoms with E-state index in [0.717, 1.165) is 23.3 Å². The van der Waals surface area contributed by atoms with Crippen LogP contribution in [0.15, 0.2) is 11.0 Å². The Morgan fingerprint density at radius 2 is 2.07 bits per heavy atom. The molecule has 1 heterocycles. The lowest BCUT2D eigenvalue weighted by atomic mass is 10.0. The zero-order valence-corrected chi connectivity index (χ0v) is 10.1. The molecule has 0 amide bonds. The number of ether oxygens (including phenoxy) is 1. The number of hydrogen-bond donors (Lipinski definition) is 0. The molecule has 0 bridgehead atoms. The monoisotopic (exact) mass is 246 g/mol. The normalized spacial score (nSPS) is 14.9. The van der Waals surface area contributed by atoms with E-state index < -0.39 is 9.05 Å². The number of halogens is 1. The molecule has 1 aromatic rings. The van der Waals surface area contributed by atoms with Gasteiger partial charge in [-0.1, -0.05) is 0 Å². The third-order valence-electron chi connectivity index (χ3n) is 2.65. The van der Waals surface area contributed by atoms with Gasteiger partial charge in [0.15, 0.2) is 0 Å². The van der Waals surface area contributed by atoms with Crippen LogP contribution in [0.1, 0.15) is 16.7 Å². The van der Waals surface area contributed by atoms with Crippen molar-refractivity contribution in [3.63, 3.8) is 0 Å². The van der Waals surface area contributed by atoms with Crippen molar-refractivity contribution in [1.29, 1.82) is 0 Å². The molecule has 0 spiro atoms. The van der Waals surface area contributed by atoms with Crippen LogP contribution in [0, 0.1) is 13.8 Å². The van der Waals surface area contributed by atoms with E-state index in [9.17, 15) is 8.42 Å². The largest absolute Gasteiger partial charge is 0.493 e. The van der Waals surface area contributed by atoms with Crippen molar-refractivity contribution >= 4 is 19.7 Å². The Kier molecular flexibility index (Phi) is 2.43. The van der Waals surface area contributed by atoms with Crippen molar-refractivity contribution in [2.75, 3.05) is 6.61 Å². The number of rotatable bonds is 1. The van der Waals surface area contributed by atoms with Crippen LogP contribution in [0.2, 0.25) is 0 Å². The Morgan fingerprint density at radius 1 is 1.40 bits per heavy atom. The third-order valence-corrected chi connectivity index (χ3v) is 4.23. The molecule has 0 N–H and O–H groups in total. The second kappa shape index (κ2) is 3.39. The van der Waals surface area contributed by atoms with Crippen molar-refractivity contribution in [2.24, 2.45) is 0 Å². The Balaban J connectivity index is 2.78. The van der Waals surface area contributed by atoms with Crippen molar-refractivity contribution < 1.29 is 13.2 Å². The van der Waals surface area contributed by atoms with Gasteiger partial charge in [-0.3, -0.25) is 0 Å². The predicted octanol–water partition coefficient (Wildman–Crippen LogP) is 2.17. The average Bonchev–Trinajstić information content (AvgIpc) is 2.48. The molecule has 3 nitrogen and oxygen atoms in total. The molecule has 2 rings (SSSR count). The van der Waals surface area contributed by atoms with E-state index in [4.69, 9.17) is 15.4 Å². The van der Waals surface area contributed by atoms with Crippen LogP contribution in [-0.2, 0) is 15.5 Å². The summed E-state index contributed by atoms with van der Waals surface area (Å²) in [5.41, 5.74) is 2.32. The van der Waals surface area contributed by atoms with Crippen LogP contribution in [-0.4, -0.2) is 15.0 Å². The predicted molar refractivity (Wildman–Crippen MR) is 58.2 cm³/mol. The smallest absolute Gasteiger partial charge is 0.261 e. The van der Waals surface area contributed by atoms with Gasteiger partial charge in [0, 0.05) is 22.7 Å². The topological polar surface area (TPSA) is 43.4 Å². The van der Waals surface area contributed by atoms with Gasteiger partial charge in [0.05, 0.1) is 11.5 Å². The molecule has 15 heavy (non-hydrogen) atoms. The Bertz CT molecular complexity index is 520. The fourth-order valence-electron chi connectivity index (χ4n) is 2.04. The summed E-state index contributed by atoms with van der Waals surface area (Å²) in [5, 5.41) is 0. The molecule has 1 aliphatic heterocycles. The molecule has 5 heteroatoms. The highest BCUT2D eigenvalue weighted by atomic mass is 35.7.